The number of nitrogens with one attached hydrogen (secondary N) is 1. The number of amides is 2. The van der Waals surface area contributed by atoms with Gasteiger partial charge in [0.25, 0.3) is 0 Å². The predicted molar refractivity (Wildman–Crippen MR) is 103 cm³/mol. The van der Waals surface area contributed by atoms with Crippen LogP contribution in [0.1, 0.15) is 44.4 Å². The summed E-state index contributed by atoms with van der Waals surface area (Å²) in [5.74, 6) is -0.675. The van der Waals surface area contributed by atoms with Crippen LogP contribution in [0.2, 0.25) is 0 Å². The molecule has 1 aliphatic rings. The number of alkyl carbamates (subject to hydrolysis) is 1. The zero-order valence-corrected chi connectivity index (χ0v) is 17.6. The Morgan fingerprint density at radius 1 is 1.30 bits per heavy atom. The maximum Gasteiger partial charge on any atom is 0.408 e. The van der Waals surface area contributed by atoms with Gasteiger partial charge in [-0.15, -0.1) is 0 Å². The Balaban J connectivity index is 2.15. The Hall–Kier alpha value is -2.09. The van der Waals surface area contributed by atoms with E-state index in [0.29, 0.717) is 13.0 Å². The minimum atomic E-state index is -0.652. The fraction of sp³-hybridized carbons (Fsp3) is 0.526. The Labute approximate surface area is 167 Å². The normalized spacial score (nSPS) is 16.3. The van der Waals surface area contributed by atoms with Crippen molar-refractivity contribution in [3.63, 3.8) is 0 Å². The van der Waals surface area contributed by atoms with Crippen LogP contribution in [0.5, 0.6) is 0 Å². The standard InChI is InChI=1S/C19H25BrN2O5/c1-19(2,3)27-18(25)21-11-16(23)22-9-8-12-13(6-5-7-14(12)20)15(22)10-17(24)26-4/h5-7,15H,8-11H2,1-4H3,(H,21,25). The van der Waals surface area contributed by atoms with Gasteiger partial charge in [-0.05, 0) is 44.4 Å². The fourth-order valence-electron chi connectivity index (χ4n) is 3.03. The molecule has 8 heteroatoms. The van der Waals surface area contributed by atoms with E-state index in [1.54, 1.807) is 25.7 Å². The topological polar surface area (TPSA) is 84.9 Å². The molecule has 27 heavy (non-hydrogen) atoms. The number of hydrogen-bond acceptors (Lipinski definition) is 5. The van der Waals surface area contributed by atoms with Gasteiger partial charge in [-0.25, -0.2) is 4.79 Å². The van der Waals surface area contributed by atoms with Gasteiger partial charge in [0.15, 0.2) is 0 Å². The highest BCUT2D eigenvalue weighted by molar-refractivity contribution is 9.10. The average Bonchev–Trinajstić information content (AvgIpc) is 2.58. The van der Waals surface area contributed by atoms with E-state index >= 15 is 0 Å². The van der Waals surface area contributed by atoms with Crippen LogP contribution in [0, 0.1) is 0 Å². The number of fused-ring (bicyclic) bond motifs is 1. The summed E-state index contributed by atoms with van der Waals surface area (Å²) in [5, 5.41) is 2.48. The Bertz CT molecular complexity index is 729. The smallest absolute Gasteiger partial charge is 0.408 e. The number of methoxy groups -OCH3 is 1. The van der Waals surface area contributed by atoms with Crippen molar-refractivity contribution in [1.82, 2.24) is 10.2 Å². The number of carbonyl (C=O) groups excluding carboxylic acids is 3. The molecule has 2 rings (SSSR count). The highest BCUT2D eigenvalue weighted by atomic mass is 79.9. The van der Waals surface area contributed by atoms with Crippen molar-refractivity contribution in [2.24, 2.45) is 0 Å². The molecule has 0 fully saturated rings. The molecule has 0 saturated heterocycles. The third-order valence-electron chi connectivity index (χ3n) is 4.18. The maximum absolute atomic E-state index is 12.7. The molecule has 1 aromatic carbocycles. The van der Waals surface area contributed by atoms with E-state index in [9.17, 15) is 14.4 Å². The largest absolute Gasteiger partial charge is 0.469 e. The number of nitrogens with zero attached hydrogens (tertiary/aromatic N) is 1. The Morgan fingerprint density at radius 3 is 2.63 bits per heavy atom. The van der Waals surface area contributed by atoms with Gasteiger partial charge in [0, 0.05) is 11.0 Å². The number of carbonyl (C=O) groups is 3. The first-order valence-electron chi connectivity index (χ1n) is 8.73. The molecule has 1 aromatic rings. The van der Waals surface area contributed by atoms with Gasteiger partial charge in [-0.1, -0.05) is 28.1 Å². The summed E-state index contributed by atoms with van der Waals surface area (Å²) >= 11 is 3.53. The lowest BCUT2D eigenvalue weighted by Crippen LogP contribution is -2.46. The van der Waals surface area contributed by atoms with Gasteiger partial charge in [-0.2, -0.15) is 0 Å². The number of halogens is 1. The van der Waals surface area contributed by atoms with E-state index in [2.05, 4.69) is 21.2 Å². The number of ether oxygens (including phenoxy) is 2. The molecule has 0 aliphatic carbocycles. The van der Waals surface area contributed by atoms with Crippen LogP contribution in [0.15, 0.2) is 22.7 Å². The molecule has 0 spiro atoms. The molecule has 148 valence electrons. The van der Waals surface area contributed by atoms with Crippen molar-refractivity contribution >= 4 is 33.9 Å². The first-order valence-corrected chi connectivity index (χ1v) is 9.52. The molecule has 0 radical (unpaired) electrons. The van der Waals surface area contributed by atoms with Crippen molar-refractivity contribution < 1.29 is 23.9 Å². The van der Waals surface area contributed by atoms with Crippen LogP contribution < -0.4 is 5.32 Å². The minimum Gasteiger partial charge on any atom is -0.469 e. The first kappa shape index (κ1) is 21.2. The summed E-state index contributed by atoms with van der Waals surface area (Å²) in [6.07, 6.45) is 0.0607. The molecule has 7 nitrogen and oxygen atoms in total. The maximum atomic E-state index is 12.7. The lowest BCUT2D eigenvalue weighted by molar-refractivity contribution is -0.144. The summed E-state index contributed by atoms with van der Waals surface area (Å²) < 4.78 is 10.9. The molecule has 1 unspecified atom stereocenters. The van der Waals surface area contributed by atoms with Crippen LogP contribution >= 0.6 is 15.9 Å². The average molecular weight is 441 g/mol. The molecule has 0 aromatic heterocycles. The van der Waals surface area contributed by atoms with Crippen LogP contribution in [-0.2, 0) is 25.5 Å². The van der Waals surface area contributed by atoms with E-state index in [1.165, 1.54) is 7.11 Å². The summed E-state index contributed by atoms with van der Waals surface area (Å²) in [6, 6.07) is 5.29. The van der Waals surface area contributed by atoms with Crippen LogP contribution in [0.4, 0.5) is 4.79 Å². The van der Waals surface area contributed by atoms with Crippen LogP contribution in [-0.4, -0.2) is 48.7 Å². The monoisotopic (exact) mass is 440 g/mol. The van der Waals surface area contributed by atoms with Crippen LogP contribution in [0.3, 0.4) is 0 Å². The molecule has 1 heterocycles. The SMILES string of the molecule is COC(=O)CC1c2cccc(Br)c2CCN1C(=O)CNC(=O)OC(C)(C)C. The van der Waals surface area contributed by atoms with Crippen molar-refractivity contribution in [2.75, 3.05) is 20.2 Å². The van der Waals surface area contributed by atoms with Gasteiger partial charge in [0.05, 0.1) is 19.6 Å². The van der Waals surface area contributed by atoms with Crippen LogP contribution in [0.25, 0.3) is 0 Å². The number of esters is 1. The first-order chi connectivity index (χ1) is 12.6. The van der Waals surface area contributed by atoms with E-state index in [4.69, 9.17) is 9.47 Å². The van der Waals surface area contributed by atoms with Crippen molar-refractivity contribution in [2.45, 2.75) is 45.3 Å². The molecule has 1 aliphatic heterocycles. The predicted octanol–water partition coefficient (Wildman–Crippen LogP) is 2.96. The number of benzene rings is 1. The Kier molecular flexibility index (Phi) is 6.86. The van der Waals surface area contributed by atoms with E-state index in [0.717, 1.165) is 15.6 Å². The molecular weight excluding hydrogens is 416 g/mol. The van der Waals surface area contributed by atoms with Gasteiger partial charge in [0.2, 0.25) is 5.91 Å². The Morgan fingerprint density at radius 2 is 2.00 bits per heavy atom. The highest BCUT2D eigenvalue weighted by Gasteiger charge is 2.33. The molecule has 0 bridgehead atoms. The van der Waals surface area contributed by atoms with Gasteiger partial charge in [0.1, 0.15) is 12.1 Å². The summed E-state index contributed by atoms with van der Waals surface area (Å²) in [7, 11) is 1.32. The lowest BCUT2D eigenvalue weighted by atomic mass is 9.90. The fourth-order valence-corrected chi connectivity index (χ4v) is 3.61. The van der Waals surface area contributed by atoms with Crippen molar-refractivity contribution in [3.05, 3.63) is 33.8 Å². The molecule has 1 N–H and O–H groups in total. The summed E-state index contributed by atoms with van der Waals surface area (Å²) in [5.41, 5.74) is 1.35. The second-order valence-corrected chi connectivity index (χ2v) is 8.15. The molecule has 0 saturated carbocycles. The third-order valence-corrected chi connectivity index (χ3v) is 4.93. The summed E-state index contributed by atoms with van der Waals surface area (Å²) in [6.45, 7) is 5.50. The second-order valence-electron chi connectivity index (χ2n) is 7.30. The highest BCUT2D eigenvalue weighted by Crippen LogP contribution is 2.36. The van der Waals surface area contributed by atoms with Gasteiger partial charge < -0.3 is 19.7 Å². The zero-order valence-electron chi connectivity index (χ0n) is 16.0. The van der Waals surface area contributed by atoms with E-state index in [1.807, 2.05) is 18.2 Å². The minimum absolute atomic E-state index is 0.0537. The molecule has 2 amide bonds. The van der Waals surface area contributed by atoms with E-state index in [-0.39, 0.29) is 18.9 Å². The number of hydrogen-bond donors (Lipinski definition) is 1. The molecule has 1 atom stereocenters. The van der Waals surface area contributed by atoms with E-state index < -0.39 is 23.7 Å². The van der Waals surface area contributed by atoms with Gasteiger partial charge in [-0.3, -0.25) is 9.59 Å². The second kappa shape index (κ2) is 8.73. The van der Waals surface area contributed by atoms with Gasteiger partial charge >= 0.3 is 12.1 Å². The number of rotatable bonds is 4. The van der Waals surface area contributed by atoms with Crippen molar-refractivity contribution in [1.29, 1.82) is 0 Å². The zero-order chi connectivity index (χ0) is 20.2. The summed E-state index contributed by atoms with van der Waals surface area (Å²) in [4.78, 5) is 38.1. The third kappa shape index (κ3) is 5.69. The quantitative estimate of drug-likeness (QED) is 0.727. The molecular formula is C19H25BrN2O5. The lowest BCUT2D eigenvalue weighted by Gasteiger charge is -2.37. The van der Waals surface area contributed by atoms with Crippen molar-refractivity contribution in [3.8, 4) is 0 Å².